The van der Waals surface area contributed by atoms with Crippen molar-refractivity contribution < 1.29 is 0 Å². The van der Waals surface area contributed by atoms with Crippen molar-refractivity contribution in [2.75, 3.05) is 0 Å². The average molecular weight is 231 g/mol. The van der Waals surface area contributed by atoms with E-state index in [1.165, 1.54) is 22.3 Å². The highest BCUT2D eigenvalue weighted by molar-refractivity contribution is 6.17. The van der Waals surface area contributed by atoms with Crippen molar-refractivity contribution in [1.82, 2.24) is 0 Å². The van der Waals surface area contributed by atoms with E-state index in [0.29, 0.717) is 5.88 Å². The first-order valence-electron chi connectivity index (χ1n) is 5.47. The maximum atomic E-state index is 5.76. The monoisotopic (exact) mass is 230 g/mol. The minimum absolute atomic E-state index is 0.588. The van der Waals surface area contributed by atoms with Crippen LogP contribution in [-0.4, -0.2) is 0 Å². The molecule has 0 aliphatic carbocycles. The van der Waals surface area contributed by atoms with Crippen molar-refractivity contribution in [1.29, 1.82) is 0 Å². The van der Waals surface area contributed by atoms with Crippen LogP contribution in [0.4, 0.5) is 0 Å². The van der Waals surface area contributed by atoms with E-state index < -0.39 is 0 Å². The van der Waals surface area contributed by atoms with Crippen LogP contribution in [0, 0.1) is 6.92 Å². The maximum Gasteiger partial charge on any atom is 0.0474 e. The van der Waals surface area contributed by atoms with E-state index in [1.807, 2.05) is 0 Å². The molecular weight excluding hydrogens is 216 g/mol. The molecule has 1 heteroatoms. The Kier molecular flexibility index (Phi) is 3.63. The Morgan fingerprint density at radius 1 is 0.750 bits per heavy atom. The number of hydrogen-bond donors (Lipinski definition) is 0. The molecule has 2 rings (SSSR count). The van der Waals surface area contributed by atoms with Gasteiger partial charge in [-0.05, 0) is 30.0 Å². The molecule has 0 amide bonds. The third-order valence-electron chi connectivity index (χ3n) is 2.71. The summed E-state index contributed by atoms with van der Waals surface area (Å²) in [5.41, 5.74) is 5.16. The Morgan fingerprint density at radius 2 is 1.19 bits per heavy atom. The van der Waals surface area contributed by atoms with E-state index in [9.17, 15) is 0 Å². The Labute approximate surface area is 102 Å². The quantitative estimate of drug-likeness (QED) is 0.689. The fraction of sp³-hybridized carbons (Fsp3) is 0.200. The summed E-state index contributed by atoms with van der Waals surface area (Å²) < 4.78 is 0. The maximum absolute atomic E-state index is 5.76. The van der Waals surface area contributed by atoms with Gasteiger partial charge >= 0.3 is 0 Å². The lowest BCUT2D eigenvalue weighted by molar-refractivity contribution is 1.18. The number of benzene rings is 2. The van der Waals surface area contributed by atoms with E-state index in [2.05, 4.69) is 55.5 Å². The molecule has 0 atom stereocenters. The highest BCUT2D eigenvalue weighted by atomic mass is 35.5. The largest absolute Gasteiger partial charge is 0.122 e. The van der Waals surface area contributed by atoms with E-state index in [1.54, 1.807) is 0 Å². The van der Waals surface area contributed by atoms with Crippen LogP contribution in [0.2, 0.25) is 0 Å². The van der Waals surface area contributed by atoms with Crippen LogP contribution in [0.1, 0.15) is 22.3 Å². The lowest BCUT2D eigenvalue weighted by Gasteiger charge is -2.03. The minimum Gasteiger partial charge on any atom is -0.122 e. The summed E-state index contributed by atoms with van der Waals surface area (Å²) in [4.78, 5) is 0. The molecule has 0 radical (unpaired) electrons. The van der Waals surface area contributed by atoms with Crippen LogP contribution >= 0.6 is 11.6 Å². The number of aryl methyl sites for hydroxylation is 1. The van der Waals surface area contributed by atoms with Crippen molar-refractivity contribution >= 4 is 11.6 Å². The van der Waals surface area contributed by atoms with Gasteiger partial charge in [-0.1, -0.05) is 54.1 Å². The fourth-order valence-corrected chi connectivity index (χ4v) is 1.87. The van der Waals surface area contributed by atoms with Gasteiger partial charge in [-0.3, -0.25) is 0 Å². The predicted molar refractivity (Wildman–Crippen MR) is 70.0 cm³/mol. The molecule has 0 N–H and O–H groups in total. The molecule has 82 valence electrons. The summed E-state index contributed by atoms with van der Waals surface area (Å²) in [7, 11) is 0. The number of alkyl halides is 1. The summed E-state index contributed by atoms with van der Waals surface area (Å²) in [5.74, 6) is 0.588. The van der Waals surface area contributed by atoms with E-state index in [0.717, 1.165) is 6.42 Å². The molecule has 0 aliphatic heterocycles. The van der Waals surface area contributed by atoms with Crippen LogP contribution in [0.15, 0.2) is 48.5 Å². The van der Waals surface area contributed by atoms with Crippen molar-refractivity contribution in [2.45, 2.75) is 19.2 Å². The first-order valence-corrected chi connectivity index (χ1v) is 6.01. The van der Waals surface area contributed by atoms with E-state index in [4.69, 9.17) is 11.6 Å². The summed E-state index contributed by atoms with van der Waals surface area (Å²) in [6, 6.07) is 17.2. The zero-order valence-electron chi connectivity index (χ0n) is 9.41. The van der Waals surface area contributed by atoms with Gasteiger partial charge in [0.1, 0.15) is 0 Å². The molecule has 0 saturated carbocycles. The Bertz CT molecular complexity index is 440. The molecule has 0 spiro atoms. The Morgan fingerprint density at radius 3 is 1.69 bits per heavy atom. The van der Waals surface area contributed by atoms with Gasteiger partial charge in [-0.15, -0.1) is 11.6 Å². The number of halogens is 1. The standard InChI is InChI=1S/C15H15Cl/c1-12-2-4-13(5-3-12)10-14-6-8-15(11-16)9-7-14/h2-9H,10-11H2,1H3. The highest BCUT2D eigenvalue weighted by Crippen LogP contribution is 2.12. The van der Waals surface area contributed by atoms with Crippen molar-refractivity contribution in [3.63, 3.8) is 0 Å². The molecule has 16 heavy (non-hydrogen) atoms. The smallest absolute Gasteiger partial charge is 0.0474 e. The van der Waals surface area contributed by atoms with Crippen LogP contribution < -0.4 is 0 Å². The molecule has 2 aromatic carbocycles. The molecule has 2 aromatic rings. The topological polar surface area (TPSA) is 0 Å². The SMILES string of the molecule is Cc1ccc(Cc2ccc(CCl)cc2)cc1. The molecule has 0 unspecified atom stereocenters. The Hall–Kier alpha value is -1.27. The van der Waals surface area contributed by atoms with Crippen molar-refractivity contribution in [3.05, 3.63) is 70.8 Å². The third kappa shape index (κ3) is 2.86. The summed E-state index contributed by atoms with van der Waals surface area (Å²) >= 11 is 5.76. The van der Waals surface area contributed by atoms with Crippen LogP contribution in [0.25, 0.3) is 0 Å². The van der Waals surface area contributed by atoms with Gasteiger partial charge in [-0.25, -0.2) is 0 Å². The second-order valence-electron chi connectivity index (χ2n) is 4.11. The summed E-state index contributed by atoms with van der Waals surface area (Å²) in [6.07, 6.45) is 0.989. The van der Waals surface area contributed by atoms with Gasteiger partial charge in [0.2, 0.25) is 0 Å². The first kappa shape index (κ1) is 11.2. The van der Waals surface area contributed by atoms with Gasteiger partial charge in [0.25, 0.3) is 0 Å². The van der Waals surface area contributed by atoms with E-state index in [-0.39, 0.29) is 0 Å². The van der Waals surface area contributed by atoms with Crippen LogP contribution in [0.5, 0.6) is 0 Å². The lowest BCUT2D eigenvalue weighted by atomic mass is 10.0. The normalized spacial score (nSPS) is 10.4. The zero-order chi connectivity index (χ0) is 11.4. The molecule has 0 aliphatic rings. The molecule has 0 aromatic heterocycles. The fourth-order valence-electron chi connectivity index (χ4n) is 1.69. The molecule has 0 fully saturated rings. The first-order chi connectivity index (χ1) is 7.78. The van der Waals surface area contributed by atoms with Gasteiger partial charge in [0, 0.05) is 5.88 Å². The number of rotatable bonds is 3. The summed E-state index contributed by atoms with van der Waals surface area (Å²) in [6.45, 7) is 2.11. The predicted octanol–water partition coefficient (Wildman–Crippen LogP) is 4.32. The second-order valence-corrected chi connectivity index (χ2v) is 4.38. The molecule has 0 saturated heterocycles. The molecule has 0 heterocycles. The Balaban J connectivity index is 2.11. The van der Waals surface area contributed by atoms with Gasteiger partial charge in [0.15, 0.2) is 0 Å². The molecular formula is C15H15Cl. The highest BCUT2D eigenvalue weighted by Gasteiger charge is 1.96. The van der Waals surface area contributed by atoms with Crippen molar-refractivity contribution in [2.24, 2.45) is 0 Å². The lowest BCUT2D eigenvalue weighted by Crippen LogP contribution is -1.88. The second kappa shape index (κ2) is 5.18. The molecule has 0 bridgehead atoms. The van der Waals surface area contributed by atoms with Gasteiger partial charge in [0.05, 0.1) is 0 Å². The van der Waals surface area contributed by atoms with E-state index >= 15 is 0 Å². The number of hydrogen-bond acceptors (Lipinski definition) is 0. The van der Waals surface area contributed by atoms with Gasteiger partial charge < -0.3 is 0 Å². The average Bonchev–Trinajstić information content (AvgIpc) is 2.33. The molecule has 0 nitrogen and oxygen atoms in total. The zero-order valence-corrected chi connectivity index (χ0v) is 10.2. The van der Waals surface area contributed by atoms with Crippen molar-refractivity contribution in [3.8, 4) is 0 Å². The minimum atomic E-state index is 0.588. The van der Waals surface area contributed by atoms with Crippen LogP contribution in [-0.2, 0) is 12.3 Å². The third-order valence-corrected chi connectivity index (χ3v) is 3.01. The van der Waals surface area contributed by atoms with Crippen LogP contribution in [0.3, 0.4) is 0 Å². The van der Waals surface area contributed by atoms with Gasteiger partial charge in [-0.2, -0.15) is 0 Å². The summed E-state index contributed by atoms with van der Waals surface area (Å²) in [5, 5.41) is 0.